The summed E-state index contributed by atoms with van der Waals surface area (Å²) in [7, 11) is 0. The van der Waals surface area contributed by atoms with Gasteiger partial charge in [-0.05, 0) is 54.0 Å². The molecule has 3 rings (SSSR count). The minimum absolute atomic E-state index is 0.0216. The molecule has 0 heterocycles. The van der Waals surface area contributed by atoms with Gasteiger partial charge in [0, 0.05) is 0 Å². The van der Waals surface area contributed by atoms with Gasteiger partial charge >= 0.3 is 6.18 Å². The molecule has 1 unspecified atom stereocenters. The monoisotopic (exact) mass is 476 g/mol. The summed E-state index contributed by atoms with van der Waals surface area (Å²) in [6.07, 6.45) is 5.38. The van der Waals surface area contributed by atoms with Crippen molar-refractivity contribution in [2.75, 3.05) is 6.61 Å². The highest BCUT2D eigenvalue weighted by Gasteiger charge is 2.45. The molecule has 0 N–H and O–H groups in total. The number of ether oxygens (including phenoxy) is 2. The standard InChI is InChI=1S/C29H39F3O2/c1-2-3-4-5-6-10-21-33-27-19-17-25(18-20-27)24-15-13-23(14-16-24)22-34-28(29(30,31)32)26-11-8-7-9-12-26/h13-20,26,28H,2-12,21-22H2,1H3. The largest absolute Gasteiger partial charge is 0.494 e. The fourth-order valence-corrected chi connectivity index (χ4v) is 4.73. The van der Waals surface area contributed by atoms with Crippen LogP contribution < -0.4 is 4.74 Å². The van der Waals surface area contributed by atoms with Crippen LogP contribution in [0.15, 0.2) is 48.5 Å². The van der Waals surface area contributed by atoms with Gasteiger partial charge in [-0.3, -0.25) is 0 Å². The first-order valence-electron chi connectivity index (χ1n) is 13.0. The lowest BCUT2D eigenvalue weighted by molar-refractivity contribution is -0.242. The van der Waals surface area contributed by atoms with Gasteiger partial charge < -0.3 is 9.47 Å². The van der Waals surface area contributed by atoms with Crippen LogP contribution in [0, 0.1) is 5.92 Å². The van der Waals surface area contributed by atoms with E-state index in [1.807, 2.05) is 48.5 Å². The smallest absolute Gasteiger partial charge is 0.414 e. The molecular weight excluding hydrogens is 437 g/mol. The lowest BCUT2D eigenvalue weighted by Crippen LogP contribution is -2.39. The van der Waals surface area contributed by atoms with Crippen LogP contribution in [0.2, 0.25) is 0 Å². The molecule has 2 aromatic carbocycles. The lowest BCUT2D eigenvalue weighted by atomic mass is 9.85. The molecule has 0 saturated heterocycles. The summed E-state index contributed by atoms with van der Waals surface area (Å²) in [5.41, 5.74) is 2.83. The first kappa shape index (κ1) is 26.6. The van der Waals surface area contributed by atoms with Crippen molar-refractivity contribution < 1.29 is 22.6 Å². The van der Waals surface area contributed by atoms with Crippen molar-refractivity contribution in [3.63, 3.8) is 0 Å². The molecule has 1 saturated carbocycles. The summed E-state index contributed by atoms with van der Waals surface area (Å²) >= 11 is 0. The SMILES string of the molecule is CCCCCCCCOc1ccc(-c2ccc(COC(C3CCCCC3)C(F)(F)F)cc2)cc1. The summed E-state index contributed by atoms with van der Waals surface area (Å²) in [4.78, 5) is 0. The Hall–Kier alpha value is -2.01. The fraction of sp³-hybridized carbons (Fsp3) is 0.586. The van der Waals surface area contributed by atoms with E-state index in [2.05, 4.69) is 6.92 Å². The number of benzene rings is 2. The van der Waals surface area contributed by atoms with Gasteiger partial charge in [0.1, 0.15) is 5.75 Å². The molecule has 1 atom stereocenters. The van der Waals surface area contributed by atoms with E-state index >= 15 is 0 Å². The predicted octanol–water partition coefficient (Wildman–Crippen LogP) is 9.12. The van der Waals surface area contributed by atoms with Crippen LogP contribution in [0.25, 0.3) is 11.1 Å². The van der Waals surface area contributed by atoms with Crippen molar-refractivity contribution in [3.8, 4) is 16.9 Å². The van der Waals surface area contributed by atoms with E-state index in [4.69, 9.17) is 9.47 Å². The van der Waals surface area contributed by atoms with E-state index < -0.39 is 18.2 Å². The predicted molar refractivity (Wildman–Crippen MR) is 132 cm³/mol. The highest BCUT2D eigenvalue weighted by atomic mass is 19.4. The Balaban J connectivity index is 1.47. The highest BCUT2D eigenvalue weighted by molar-refractivity contribution is 5.64. The third-order valence-electron chi connectivity index (χ3n) is 6.74. The maximum atomic E-state index is 13.6. The summed E-state index contributed by atoms with van der Waals surface area (Å²) < 4.78 is 51.9. The number of unbranched alkanes of at least 4 members (excludes halogenated alkanes) is 5. The molecule has 1 fully saturated rings. The first-order valence-corrected chi connectivity index (χ1v) is 13.0. The van der Waals surface area contributed by atoms with E-state index in [0.29, 0.717) is 12.8 Å². The summed E-state index contributed by atoms with van der Waals surface area (Å²) in [6.45, 7) is 2.94. The quantitative estimate of drug-likeness (QED) is 0.268. The number of hydrogen-bond donors (Lipinski definition) is 0. The second-order valence-electron chi connectivity index (χ2n) is 9.51. The Bertz CT molecular complexity index is 809. The Labute approximate surface area is 202 Å². The van der Waals surface area contributed by atoms with Crippen LogP contribution in [0.5, 0.6) is 5.75 Å². The van der Waals surface area contributed by atoms with Crippen LogP contribution in [-0.4, -0.2) is 18.9 Å². The van der Waals surface area contributed by atoms with E-state index in [1.54, 1.807) is 0 Å². The van der Waals surface area contributed by atoms with Crippen molar-refractivity contribution in [1.29, 1.82) is 0 Å². The minimum atomic E-state index is -4.32. The van der Waals surface area contributed by atoms with Gasteiger partial charge in [-0.2, -0.15) is 13.2 Å². The van der Waals surface area contributed by atoms with Gasteiger partial charge in [-0.15, -0.1) is 0 Å². The molecule has 0 radical (unpaired) electrons. The molecule has 0 aliphatic heterocycles. The Morgan fingerprint density at radius 2 is 1.38 bits per heavy atom. The zero-order chi connectivity index (χ0) is 24.2. The Morgan fingerprint density at radius 3 is 2.00 bits per heavy atom. The molecule has 1 aliphatic carbocycles. The molecule has 0 spiro atoms. The first-order chi connectivity index (χ1) is 16.5. The van der Waals surface area contributed by atoms with E-state index in [9.17, 15) is 13.2 Å². The van der Waals surface area contributed by atoms with Gasteiger partial charge in [0.25, 0.3) is 0 Å². The van der Waals surface area contributed by atoms with Gasteiger partial charge in [0.05, 0.1) is 13.2 Å². The minimum Gasteiger partial charge on any atom is -0.494 e. The third-order valence-corrected chi connectivity index (χ3v) is 6.74. The van der Waals surface area contributed by atoms with Gasteiger partial charge in [0.2, 0.25) is 0 Å². The zero-order valence-corrected chi connectivity index (χ0v) is 20.4. The van der Waals surface area contributed by atoms with Gasteiger partial charge in [0.15, 0.2) is 6.10 Å². The number of rotatable bonds is 13. The average molecular weight is 477 g/mol. The van der Waals surface area contributed by atoms with Crippen molar-refractivity contribution in [1.82, 2.24) is 0 Å². The average Bonchev–Trinajstić information content (AvgIpc) is 2.84. The van der Waals surface area contributed by atoms with Crippen LogP contribution in [0.3, 0.4) is 0 Å². The van der Waals surface area contributed by atoms with E-state index in [1.165, 1.54) is 32.1 Å². The molecular formula is C29H39F3O2. The Morgan fingerprint density at radius 1 is 0.794 bits per heavy atom. The molecule has 2 nitrogen and oxygen atoms in total. The molecule has 34 heavy (non-hydrogen) atoms. The van der Waals surface area contributed by atoms with Crippen LogP contribution in [0.1, 0.15) is 83.1 Å². The summed E-state index contributed by atoms with van der Waals surface area (Å²) in [6, 6.07) is 15.6. The number of alkyl halides is 3. The summed E-state index contributed by atoms with van der Waals surface area (Å²) in [5, 5.41) is 0. The van der Waals surface area contributed by atoms with Gasteiger partial charge in [-0.1, -0.05) is 94.7 Å². The van der Waals surface area contributed by atoms with Crippen LogP contribution in [0.4, 0.5) is 13.2 Å². The Kier molecular flexibility index (Phi) is 10.8. The highest BCUT2D eigenvalue weighted by Crippen LogP contribution is 2.37. The van der Waals surface area contributed by atoms with Crippen LogP contribution in [-0.2, 0) is 11.3 Å². The second-order valence-corrected chi connectivity index (χ2v) is 9.51. The van der Waals surface area contributed by atoms with Gasteiger partial charge in [-0.25, -0.2) is 0 Å². The zero-order valence-electron chi connectivity index (χ0n) is 20.4. The van der Waals surface area contributed by atoms with Crippen LogP contribution >= 0.6 is 0 Å². The molecule has 2 aromatic rings. The van der Waals surface area contributed by atoms with Crippen molar-refractivity contribution in [3.05, 3.63) is 54.1 Å². The molecule has 0 bridgehead atoms. The van der Waals surface area contributed by atoms with Crippen molar-refractivity contribution in [2.45, 2.75) is 96.4 Å². The number of halogens is 3. The van der Waals surface area contributed by atoms with Crippen molar-refractivity contribution in [2.24, 2.45) is 5.92 Å². The second kappa shape index (κ2) is 13.8. The normalized spacial score (nSPS) is 15.9. The number of hydrogen-bond acceptors (Lipinski definition) is 2. The molecule has 1 aliphatic rings. The van der Waals surface area contributed by atoms with E-state index in [-0.39, 0.29) is 6.61 Å². The fourth-order valence-electron chi connectivity index (χ4n) is 4.73. The summed E-state index contributed by atoms with van der Waals surface area (Å²) in [5.74, 6) is 0.443. The maximum absolute atomic E-state index is 13.6. The third kappa shape index (κ3) is 8.65. The maximum Gasteiger partial charge on any atom is 0.414 e. The lowest BCUT2D eigenvalue weighted by Gasteiger charge is -2.31. The topological polar surface area (TPSA) is 18.5 Å². The van der Waals surface area contributed by atoms with E-state index in [0.717, 1.165) is 54.7 Å². The van der Waals surface area contributed by atoms with Crippen molar-refractivity contribution >= 4 is 0 Å². The molecule has 0 aromatic heterocycles. The molecule has 0 amide bonds. The molecule has 5 heteroatoms. The molecule has 188 valence electrons.